The molecule has 1 aliphatic heterocycles. The normalized spacial score (nSPS) is 15.0. The van der Waals surface area contributed by atoms with Gasteiger partial charge in [-0.3, -0.25) is 4.79 Å². The first kappa shape index (κ1) is 22.3. The summed E-state index contributed by atoms with van der Waals surface area (Å²) >= 11 is 0. The Kier molecular flexibility index (Phi) is 7.47. The number of hydrogen-bond acceptors (Lipinski definition) is 5. The molecule has 1 fully saturated rings. The molecule has 1 N–H and O–H groups in total. The maximum absolute atomic E-state index is 12.6. The first-order valence-electron chi connectivity index (χ1n) is 10.00. The van der Waals surface area contributed by atoms with Crippen LogP contribution in [0.1, 0.15) is 16.7 Å². The number of ether oxygens (including phenoxy) is 2. The summed E-state index contributed by atoms with van der Waals surface area (Å²) in [6.45, 7) is 6.25. The van der Waals surface area contributed by atoms with Gasteiger partial charge in [-0.2, -0.15) is 4.31 Å². The summed E-state index contributed by atoms with van der Waals surface area (Å²) in [5, 5.41) is 2.84. The number of carbonyl (C=O) groups is 1. The van der Waals surface area contributed by atoms with Gasteiger partial charge in [-0.05, 0) is 49.2 Å². The molecule has 0 spiro atoms. The fourth-order valence-corrected chi connectivity index (χ4v) is 4.69. The third-order valence-electron chi connectivity index (χ3n) is 4.97. The summed E-state index contributed by atoms with van der Waals surface area (Å²) in [6, 6.07) is 12.4. The molecule has 0 bridgehead atoms. The van der Waals surface area contributed by atoms with E-state index in [0.29, 0.717) is 51.6 Å². The smallest absolute Gasteiger partial charge is 0.243 e. The van der Waals surface area contributed by atoms with Gasteiger partial charge in [0.05, 0.1) is 31.1 Å². The van der Waals surface area contributed by atoms with Crippen LogP contribution in [0.4, 0.5) is 0 Å². The van der Waals surface area contributed by atoms with Crippen LogP contribution in [0.5, 0.6) is 5.75 Å². The lowest BCUT2D eigenvalue weighted by atomic mass is 10.0. The molecule has 7 nitrogen and oxygen atoms in total. The lowest BCUT2D eigenvalue weighted by molar-refractivity contribution is -0.120. The first-order chi connectivity index (χ1) is 14.4. The number of amides is 1. The number of carbonyl (C=O) groups excluding carboxylic acids is 1. The molecule has 162 valence electrons. The quantitative estimate of drug-likeness (QED) is 0.646. The van der Waals surface area contributed by atoms with Gasteiger partial charge in [0.25, 0.3) is 0 Å². The van der Waals surface area contributed by atoms with Crippen LogP contribution < -0.4 is 10.1 Å². The van der Waals surface area contributed by atoms with E-state index in [-0.39, 0.29) is 10.8 Å². The Hall–Kier alpha value is -2.42. The summed E-state index contributed by atoms with van der Waals surface area (Å²) in [7, 11) is -3.51. The van der Waals surface area contributed by atoms with Crippen LogP contribution in [0.25, 0.3) is 0 Å². The number of nitrogens with zero attached hydrogens (tertiary/aromatic N) is 1. The van der Waals surface area contributed by atoms with Gasteiger partial charge in [-0.1, -0.05) is 23.8 Å². The van der Waals surface area contributed by atoms with E-state index in [0.717, 1.165) is 11.1 Å². The lowest BCUT2D eigenvalue weighted by Crippen LogP contribution is -2.40. The van der Waals surface area contributed by atoms with Crippen LogP contribution in [0, 0.1) is 13.8 Å². The highest BCUT2D eigenvalue weighted by atomic mass is 32.2. The van der Waals surface area contributed by atoms with Crippen LogP contribution in [0.2, 0.25) is 0 Å². The number of sulfonamides is 1. The van der Waals surface area contributed by atoms with E-state index in [1.165, 1.54) is 9.87 Å². The number of benzene rings is 2. The fourth-order valence-electron chi connectivity index (χ4n) is 3.28. The Morgan fingerprint density at radius 1 is 1.10 bits per heavy atom. The molecule has 0 saturated carbocycles. The third-order valence-corrected chi connectivity index (χ3v) is 6.89. The second kappa shape index (κ2) is 10.1. The topological polar surface area (TPSA) is 84.9 Å². The summed E-state index contributed by atoms with van der Waals surface area (Å²) in [6.07, 6.45) is 0.334. The van der Waals surface area contributed by atoms with Gasteiger partial charge in [0.2, 0.25) is 15.9 Å². The average molecular weight is 433 g/mol. The summed E-state index contributed by atoms with van der Waals surface area (Å²) < 4.78 is 37.5. The van der Waals surface area contributed by atoms with Gasteiger partial charge in [0, 0.05) is 13.1 Å². The Bertz CT molecular complexity index is 968. The summed E-state index contributed by atoms with van der Waals surface area (Å²) in [4.78, 5) is 12.4. The molecule has 1 saturated heterocycles. The predicted molar refractivity (Wildman–Crippen MR) is 114 cm³/mol. The molecule has 0 radical (unpaired) electrons. The van der Waals surface area contributed by atoms with Crippen molar-refractivity contribution in [2.75, 3.05) is 39.5 Å². The minimum atomic E-state index is -3.51. The second-order valence-corrected chi connectivity index (χ2v) is 9.23. The highest BCUT2D eigenvalue weighted by molar-refractivity contribution is 7.89. The molecule has 0 atom stereocenters. The van der Waals surface area contributed by atoms with Gasteiger partial charge < -0.3 is 14.8 Å². The van der Waals surface area contributed by atoms with Gasteiger partial charge in [0.15, 0.2) is 0 Å². The summed E-state index contributed by atoms with van der Waals surface area (Å²) in [5.41, 5.74) is 3.29. The number of hydrogen-bond donors (Lipinski definition) is 1. The van der Waals surface area contributed by atoms with Crippen molar-refractivity contribution < 1.29 is 22.7 Å². The Morgan fingerprint density at radius 2 is 1.80 bits per heavy atom. The van der Waals surface area contributed by atoms with Crippen LogP contribution in [0.15, 0.2) is 47.4 Å². The fraction of sp³-hybridized carbons (Fsp3) is 0.409. The summed E-state index contributed by atoms with van der Waals surface area (Å²) in [5.74, 6) is 0.497. The number of rotatable bonds is 8. The van der Waals surface area contributed by atoms with Crippen molar-refractivity contribution in [2.24, 2.45) is 0 Å². The van der Waals surface area contributed by atoms with Gasteiger partial charge >= 0.3 is 0 Å². The van der Waals surface area contributed by atoms with E-state index in [1.54, 1.807) is 24.3 Å². The Morgan fingerprint density at radius 3 is 2.47 bits per heavy atom. The minimum Gasteiger partial charge on any atom is -0.492 e. The Labute approximate surface area is 178 Å². The second-order valence-electron chi connectivity index (χ2n) is 7.29. The van der Waals surface area contributed by atoms with Crippen molar-refractivity contribution in [3.05, 3.63) is 59.2 Å². The SMILES string of the molecule is Cc1ccc(CC(=O)NCCOc2ccc(S(=O)(=O)N3CCOCC3)cc2)c(C)c1. The Balaban J connectivity index is 1.44. The maximum Gasteiger partial charge on any atom is 0.243 e. The molecular weight excluding hydrogens is 404 g/mol. The van der Waals surface area contributed by atoms with Crippen molar-refractivity contribution in [1.82, 2.24) is 9.62 Å². The highest BCUT2D eigenvalue weighted by Gasteiger charge is 2.26. The molecular formula is C22H28N2O5S. The molecule has 1 aliphatic rings. The van der Waals surface area contributed by atoms with E-state index in [9.17, 15) is 13.2 Å². The van der Waals surface area contributed by atoms with Crippen LogP contribution in [0.3, 0.4) is 0 Å². The molecule has 8 heteroatoms. The molecule has 1 amide bonds. The minimum absolute atomic E-state index is 0.0579. The van der Waals surface area contributed by atoms with Crippen LogP contribution >= 0.6 is 0 Å². The van der Waals surface area contributed by atoms with E-state index in [2.05, 4.69) is 11.4 Å². The van der Waals surface area contributed by atoms with Crippen molar-refractivity contribution in [2.45, 2.75) is 25.2 Å². The van der Waals surface area contributed by atoms with Gasteiger partial charge in [0.1, 0.15) is 12.4 Å². The zero-order chi connectivity index (χ0) is 21.6. The molecule has 0 unspecified atom stereocenters. The maximum atomic E-state index is 12.6. The first-order valence-corrected chi connectivity index (χ1v) is 11.4. The monoisotopic (exact) mass is 432 g/mol. The van der Waals surface area contributed by atoms with Crippen molar-refractivity contribution in [3.63, 3.8) is 0 Å². The molecule has 0 aliphatic carbocycles. The highest BCUT2D eigenvalue weighted by Crippen LogP contribution is 2.20. The molecule has 2 aromatic carbocycles. The van der Waals surface area contributed by atoms with Gasteiger partial charge in [-0.15, -0.1) is 0 Å². The van der Waals surface area contributed by atoms with E-state index >= 15 is 0 Å². The number of morpholine rings is 1. The molecule has 0 aromatic heterocycles. The van der Waals surface area contributed by atoms with Crippen molar-refractivity contribution in [3.8, 4) is 5.75 Å². The third kappa shape index (κ3) is 5.81. The van der Waals surface area contributed by atoms with Crippen molar-refractivity contribution in [1.29, 1.82) is 0 Å². The van der Waals surface area contributed by atoms with E-state index in [4.69, 9.17) is 9.47 Å². The van der Waals surface area contributed by atoms with E-state index < -0.39 is 10.0 Å². The molecule has 2 aromatic rings. The molecule has 1 heterocycles. The predicted octanol–water partition coefficient (Wildman–Crippen LogP) is 2.06. The average Bonchev–Trinajstić information content (AvgIpc) is 2.74. The standard InChI is InChI=1S/C22H28N2O5S/c1-17-3-4-19(18(2)15-17)16-22(25)23-9-12-29-20-5-7-21(8-6-20)30(26,27)24-10-13-28-14-11-24/h3-8,15H,9-14,16H2,1-2H3,(H,23,25). The van der Waals surface area contributed by atoms with E-state index in [1.807, 2.05) is 26.0 Å². The van der Waals surface area contributed by atoms with Crippen LogP contribution in [-0.4, -0.2) is 58.1 Å². The molecule has 30 heavy (non-hydrogen) atoms. The zero-order valence-electron chi connectivity index (χ0n) is 17.4. The zero-order valence-corrected chi connectivity index (χ0v) is 18.2. The van der Waals surface area contributed by atoms with Gasteiger partial charge in [-0.25, -0.2) is 8.42 Å². The van der Waals surface area contributed by atoms with Crippen LogP contribution in [-0.2, 0) is 26.0 Å². The largest absolute Gasteiger partial charge is 0.492 e. The molecule has 3 rings (SSSR count). The number of nitrogens with one attached hydrogen (secondary N) is 1. The van der Waals surface area contributed by atoms with Crippen molar-refractivity contribution >= 4 is 15.9 Å². The number of aryl methyl sites for hydroxylation is 2. The lowest BCUT2D eigenvalue weighted by Gasteiger charge is -2.26.